The highest BCUT2D eigenvalue weighted by Gasteiger charge is 2.25. The molecule has 0 unspecified atom stereocenters. The predicted octanol–water partition coefficient (Wildman–Crippen LogP) is 22.1. The monoisotopic (exact) mass is 1240 g/mol. The number of fused-ring (bicyclic) bond motifs is 6. The summed E-state index contributed by atoms with van der Waals surface area (Å²) < 4.78 is 37.3. The summed E-state index contributed by atoms with van der Waals surface area (Å²) in [6.07, 6.45) is 44.3. The summed E-state index contributed by atoms with van der Waals surface area (Å²) in [7, 11) is 0. The molecule has 12 heteroatoms. The topological polar surface area (TPSA) is 158 Å². The molecular weight excluding hydrogens is 1130 g/mol. The van der Waals surface area contributed by atoms with Gasteiger partial charge in [-0.3, -0.25) is 28.8 Å². The minimum atomic E-state index is -0.506. The summed E-state index contributed by atoms with van der Waals surface area (Å²) in [5.74, 6) is -3.00. The second-order valence-corrected chi connectivity index (χ2v) is 23.9. The van der Waals surface area contributed by atoms with E-state index in [4.69, 9.17) is 28.4 Å². The molecule has 0 aliphatic carbocycles. The van der Waals surface area contributed by atoms with Gasteiger partial charge >= 0.3 is 35.8 Å². The number of carbonyl (C=O) groups is 6. The van der Waals surface area contributed by atoms with Crippen LogP contribution in [0, 0.1) is 0 Å². The number of hydrogen-bond donors (Lipinski definition) is 0. The number of carbonyl (C=O) groups excluding carboxylic acids is 6. The Hall–Kier alpha value is -7.08. The van der Waals surface area contributed by atoms with Crippen LogP contribution in [0.4, 0.5) is 0 Å². The summed E-state index contributed by atoms with van der Waals surface area (Å²) in [4.78, 5) is 83.6. The smallest absolute Gasteiger partial charge is 0.311 e. The van der Waals surface area contributed by atoms with Crippen molar-refractivity contribution in [2.24, 2.45) is 0 Å². The molecule has 0 saturated carbocycles. The lowest BCUT2D eigenvalue weighted by Gasteiger charge is -2.19. The number of benzene rings is 4. The van der Waals surface area contributed by atoms with Gasteiger partial charge in [-0.15, -0.1) is 39.5 Å². The summed E-state index contributed by atoms with van der Waals surface area (Å²) in [6.45, 7) is 22.9. The van der Waals surface area contributed by atoms with Gasteiger partial charge in [0.2, 0.25) is 0 Å². The van der Waals surface area contributed by atoms with Crippen LogP contribution in [-0.4, -0.2) is 35.8 Å². The molecule has 90 heavy (non-hydrogen) atoms. The Bertz CT molecular complexity index is 2380. The van der Waals surface area contributed by atoms with E-state index >= 15 is 0 Å². The average Bonchev–Trinajstić information content (AvgIpc) is 0.729. The molecule has 12 nitrogen and oxygen atoms in total. The highest BCUT2D eigenvalue weighted by atomic mass is 16.6. The molecular formula is C78H108O12. The summed E-state index contributed by atoms with van der Waals surface area (Å²) in [5.41, 5.74) is 0. The van der Waals surface area contributed by atoms with Crippen molar-refractivity contribution in [1.82, 2.24) is 0 Å². The van der Waals surface area contributed by atoms with E-state index in [0.29, 0.717) is 70.8 Å². The van der Waals surface area contributed by atoms with Gasteiger partial charge < -0.3 is 28.4 Å². The van der Waals surface area contributed by atoms with Crippen molar-refractivity contribution in [3.05, 3.63) is 112 Å². The van der Waals surface area contributed by atoms with Crippen LogP contribution in [0.5, 0.6) is 34.5 Å². The van der Waals surface area contributed by atoms with Gasteiger partial charge in [-0.1, -0.05) is 152 Å². The van der Waals surface area contributed by atoms with Gasteiger partial charge in [0.1, 0.15) is 0 Å². The zero-order chi connectivity index (χ0) is 64.8. The Morgan fingerprint density at radius 2 is 0.333 bits per heavy atom. The maximum absolute atomic E-state index is 13.9. The molecule has 0 radical (unpaired) electrons. The molecule has 0 fully saturated rings. The van der Waals surface area contributed by atoms with Crippen LogP contribution in [0.2, 0.25) is 0 Å². The minimum Gasteiger partial charge on any atom is -0.422 e. The van der Waals surface area contributed by atoms with Gasteiger partial charge in [-0.2, -0.15) is 0 Å². The van der Waals surface area contributed by atoms with E-state index in [-0.39, 0.29) is 73.0 Å². The van der Waals surface area contributed by atoms with Crippen LogP contribution in [0.25, 0.3) is 32.3 Å². The first-order valence-corrected chi connectivity index (χ1v) is 34.4. The largest absolute Gasteiger partial charge is 0.422 e. The van der Waals surface area contributed by atoms with Crippen molar-refractivity contribution in [3.8, 4) is 34.5 Å². The lowest BCUT2D eigenvalue weighted by atomic mass is 9.93. The first-order chi connectivity index (χ1) is 44.0. The van der Waals surface area contributed by atoms with E-state index in [9.17, 15) is 28.8 Å². The van der Waals surface area contributed by atoms with Crippen molar-refractivity contribution in [1.29, 1.82) is 0 Å². The van der Waals surface area contributed by atoms with E-state index in [1.807, 2.05) is 36.5 Å². The van der Waals surface area contributed by atoms with Gasteiger partial charge in [-0.05, 0) is 184 Å². The van der Waals surface area contributed by atoms with Crippen LogP contribution < -0.4 is 28.4 Å². The molecule has 4 rings (SSSR count). The van der Waals surface area contributed by atoms with E-state index < -0.39 is 35.8 Å². The second kappa shape index (κ2) is 46.9. The van der Waals surface area contributed by atoms with Crippen molar-refractivity contribution in [2.45, 2.75) is 270 Å². The number of allylic oxidation sites excluding steroid dienone is 6. The Morgan fingerprint density at radius 1 is 0.211 bits per heavy atom. The van der Waals surface area contributed by atoms with E-state index in [2.05, 4.69) is 39.5 Å². The molecule has 492 valence electrons. The summed E-state index contributed by atoms with van der Waals surface area (Å²) in [5, 5.41) is 2.91. The third-order valence-electron chi connectivity index (χ3n) is 16.2. The van der Waals surface area contributed by atoms with Gasteiger partial charge in [0.25, 0.3) is 0 Å². The second-order valence-electron chi connectivity index (χ2n) is 23.9. The molecule has 0 atom stereocenters. The van der Waals surface area contributed by atoms with Crippen molar-refractivity contribution >= 4 is 68.1 Å². The van der Waals surface area contributed by atoms with Crippen molar-refractivity contribution in [3.63, 3.8) is 0 Å². The van der Waals surface area contributed by atoms with Crippen LogP contribution in [-0.2, 0) is 28.8 Å². The first-order valence-electron chi connectivity index (χ1n) is 34.4. The van der Waals surface area contributed by atoms with Crippen molar-refractivity contribution in [2.75, 3.05) is 0 Å². The van der Waals surface area contributed by atoms with Gasteiger partial charge in [0.15, 0.2) is 34.5 Å². The van der Waals surface area contributed by atoms with Gasteiger partial charge in [0, 0.05) is 38.5 Å². The molecule has 4 aromatic carbocycles. The highest BCUT2D eigenvalue weighted by molar-refractivity contribution is 6.27. The Morgan fingerprint density at radius 3 is 0.467 bits per heavy atom. The molecule has 0 saturated heterocycles. The predicted molar refractivity (Wildman–Crippen MR) is 368 cm³/mol. The number of hydrogen-bond acceptors (Lipinski definition) is 12. The summed E-state index contributed by atoms with van der Waals surface area (Å²) >= 11 is 0. The fraction of sp³-hybridized carbons (Fsp3) is 0.538. The lowest BCUT2D eigenvalue weighted by molar-refractivity contribution is -0.137. The molecule has 0 aliphatic heterocycles. The Kier molecular flexibility index (Phi) is 39.3. The van der Waals surface area contributed by atoms with E-state index in [1.165, 1.54) is 0 Å². The van der Waals surface area contributed by atoms with Crippen molar-refractivity contribution < 1.29 is 57.2 Å². The standard InChI is InChI=1S/C78H108O12/c1-7-13-19-25-31-37-43-49-73(79)85-67-55-61-62(56-68(67)86-74(80)50-44-38-32-26-20-14-8-2)64-58-70(88-76(82)52-46-40-34-28-22-16-10-4)72(90-78(84)54-48-42-36-30-24-18-12-6)60-66(64)65-59-71(89-77(83)53-47-41-35-29-23-17-11-5)69(57-63(61)65)87-75(81)51-45-39-33-27-21-15-9-3/h7-12,55-60H,1-6,13-54H2. The SMILES string of the molecule is C=CCCCCCCCC(=O)Oc1cc2c3cc(OC(=O)CCCCCCCC=C)c(OC(=O)CCCCCCCC=C)cc3c3cc(OC(=O)CCCCCCCC=C)c(OC(=O)CCCCCCCC=C)cc3c2cc1OC(=O)CCCCCCCC=C. The fourth-order valence-corrected chi connectivity index (χ4v) is 11.1. The maximum atomic E-state index is 13.9. The van der Waals surface area contributed by atoms with Crippen LogP contribution in [0.1, 0.15) is 270 Å². The van der Waals surface area contributed by atoms with Crippen LogP contribution >= 0.6 is 0 Å². The quantitative estimate of drug-likeness (QED) is 0.0136. The lowest BCUT2D eigenvalue weighted by Crippen LogP contribution is -2.13. The van der Waals surface area contributed by atoms with Gasteiger partial charge in [-0.25, -0.2) is 0 Å². The maximum Gasteiger partial charge on any atom is 0.311 e. The van der Waals surface area contributed by atoms with E-state index in [0.717, 1.165) is 193 Å². The molecule has 4 aromatic rings. The third kappa shape index (κ3) is 30.2. The molecule has 0 bridgehead atoms. The Balaban J connectivity index is 1.99. The van der Waals surface area contributed by atoms with Crippen LogP contribution in [0.3, 0.4) is 0 Å². The average molecular weight is 1240 g/mol. The zero-order valence-corrected chi connectivity index (χ0v) is 54.8. The third-order valence-corrected chi connectivity index (χ3v) is 16.2. The molecule has 0 aliphatic rings. The molecule has 0 heterocycles. The number of rotatable bonds is 54. The molecule has 0 aromatic heterocycles. The van der Waals surface area contributed by atoms with E-state index in [1.54, 1.807) is 36.4 Å². The van der Waals surface area contributed by atoms with Gasteiger partial charge in [0.05, 0.1) is 0 Å². The number of unbranched alkanes of at least 4 members (excludes halogenated alkanes) is 30. The number of ether oxygens (including phenoxy) is 6. The number of esters is 6. The van der Waals surface area contributed by atoms with Crippen LogP contribution in [0.15, 0.2) is 112 Å². The minimum absolute atomic E-state index is 0.00550. The molecule has 0 N–H and O–H groups in total. The zero-order valence-electron chi connectivity index (χ0n) is 54.8. The first kappa shape index (κ1) is 75.4. The normalized spacial score (nSPS) is 11.1. The molecule has 0 spiro atoms. The Labute approximate surface area is 539 Å². The summed E-state index contributed by atoms with van der Waals surface area (Å²) in [6, 6.07) is 9.90. The highest BCUT2D eigenvalue weighted by Crippen LogP contribution is 2.48. The molecule has 0 amide bonds. The fourth-order valence-electron chi connectivity index (χ4n) is 11.1.